The summed E-state index contributed by atoms with van der Waals surface area (Å²) in [5.41, 5.74) is 0.699. The monoisotopic (exact) mass is 136 g/mol. The van der Waals surface area contributed by atoms with Crippen LogP contribution in [0.5, 0.6) is 5.88 Å². The molecule has 0 amide bonds. The summed E-state index contributed by atoms with van der Waals surface area (Å²) in [6.45, 7) is 0. The van der Waals surface area contributed by atoms with Crippen molar-refractivity contribution in [2.24, 2.45) is 0 Å². The SMILES string of the molecule is COc1ncccc1C=N. The molecule has 1 aromatic rings. The summed E-state index contributed by atoms with van der Waals surface area (Å²) in [7, 11) is 1.54. The Balaban J connectivity index is 3.08. The third-order valence-electron chi connectivity index (χ3n) is 1.15. The minimum Gasteiger partial charge on any atom is -0.481 e. The van der Waals surface area contributed by atoms with Crippen molar-refractivity contribution in [3.63, 3.8) is 0 Å². The lowest BCUT2D eigenvalue weighted by Crippen LogP contribution is -1.91. The Labute approximate surface area is 59.2 Å². The van der Waals surface area contributed by atoms with E-state index >= 15 is 0 Å². The molecule has 3 heteroatoms. The van der Waals surface area contributed by atoms with Gasteiger partial charge in [-0.25, -0.2) is 4.98 Å². The quantitative estimate of drug-likeness (QED) is 0.618. The minimum atomic E-state index is 0.498. The predicted molar refractivity (Wildman–Crippen MR) is 38.7 cm³/mol. The van der Waals surface area contributed by atoms with E-state index < -0.39 is 0 Å². The summed E-state index contributed by atoms with van der Waals surface area (Å²) in [5, 5.41) is 6.94. The molecule has 1 N–H and O–H groups in total. The van der Waals surface area contributed by atoms with Crippen LogP contribution in [-0.4, -0.2) is 18.3 Å². The van der Waals surface area contributed by atoms with Crippen molar-refractivity contribution in [3.8, 4) is 5.88 Å². The van der Waals surface area contributed by atoms with E-state index in [0.717, 1.165) is 0 Å². The highest BCUT2D eigenvalue weighted by atomic mass is 16.5. The average Bonchev–Trinajstić information content (AvgIpc) is 2.04. The molecule has 0 saturated carbocycles. The van der Waals surface area contributed by atoms with Crippen LogP contribution < -0.4 is 4.74 Å². The predicted octanol–water partition coefficient (Wildman–Crippen LogP) is 1.09. The molecule has 0 spiro atoms. The maximum absolute atomic E-state index is 6.94. The van der Waals surface area contributed by atoms with Crippen LogP contribution in [-0.2, 0) is 0 Å². The summed E-state index contributed by atoms with van der Waals surface area (Å²) < 4.78 is 4.87. The number of nitrogens with one attached hydrogen (secondary N) is 1. The highest BCUT2D eigenvalue weighted by Crippen LogP contribution is 2.09. The normalized spacial score (nSPS) is 8.90. The van der Waals surface area contributed by atoms with E-state index in [0.29, 0.717) is 11.4 Å². The third kappa shape index (κ3) is 1.13. The number of hydrogen-bond donors (Lipinski definition) is 1. The van der Waals surface area contributed by atoms with Gasteiger partial charge in [0.25, 0.3) is 0 Å². The number of methoxy groups -OCH3 is 1. The van der Waals surface area contributed by atoms with E-state index in [-0.39, 0.29) is 0 Å². The molecule has 3 nitrogen and oxygen atoms in total. The second-order valence-electron chi connectivity index (χ2n) is 1.75. The van der Waals surface area contributed by atoms with Gasteiger partial charge in [-0.1, -0.05) is 0 Å². The van der Waals surface area contributed by atoms with Crippen LogP contribution in [0.4, 0.5) is 0 Å². The Morgan fingerprint density at radius 2 is 2.50 bits per heavy atom. The van der Waals surface area contributed by atoms with E-state index in [9.17, 15) is 0 Å². The fourth-order valence-electron chi connectivity index (χ4n) is 0.684. The molecule has 0 bridgehead atoms. The lowest BCUT2D eigenvalue weighted by Gasteiger charge is -1.99. The molecular formula is C7H8N2O. The molecule has 1 rings (SSSR count). The number of ether oxygens (including phenoxy) is 1. The number of hydrogen-bond acceptors (Lipinski definition) is 3. The summed E-state index contributed by atoms with van der Waals surface area (Å²) in [5.74, 6) is 0.498. The van der Waals surface area contributed by atoms with Crippen molar-refractivity contribution in [2.45, 2.75) is 0 Å². The molecule has 0 aliphatic rings. The van der Waals surface area contributed by atoms with Gasteiger partial charge >= 0.3 is 0 Å². The highest BCUT2D eigenvalue weighted by Gasteiger charge is 1.96. The van der Waals surface area contributed by atoms with Crippen LogP contribution in [0.15, 0.2) is 18.3 Å². The Bertz CT molecular complexity index is 235. The van der Waals surface area contributed by atoms with E-state index in [1.165, 1.54) is 13.3 Å². The fraction of sp³-hybridized carbons (Fsp3) is 0.143. The van der Waals surface area contributed by atoms with Gasteiger partial charge in [0.1, 0.15) is 0 Å². The maximum atomic E-state index is 6.94. The van der Waals surface area contributed by atoms with Gasteiger partial charge in [-0.2, -0.15) is 0 Å². The van der Waals surface area contributed by atoms with Gasteiger partial charge in [0.05, 0.1) is 12.7 Å². The second kappa shape index (κ2) is 2.96. The van der Waals surface area contributed by atoms with Gasteiger partial charge < -0.3 is 10.1 Å². The molecule has 1 heterocycles. The van der Waals surface area contributed by atoms with Gasteiger partial charge in [-0.05, 0) is 12.1 Å². The summed E-state index contributed by atoms with van der Waals surface area (Å²) in [6.07, 6.45) is 2.84. The van der Waals surface area contributed by atoms with E-state index in [1.54, 1.807) is 18.3 Å². The Morgan fingerprint density at radius 1 is 1.70 bits per heavy atom. The smallest absolute Gasteiger partial charge is 0.221 e. The second-order valence-corrected chi connectivity index (χ2v) is 1.75. The molecule has 0 radical (unpaired) electrons. The third-order valence-corrected chi connectivity index (χ3v) is 1.15. The summed E-state index contributed by atoms with van der Waals surface area (Å²) >= 11 is 0. The maximum Gasteiger partial charge on any atom is 0.221 e. The minimum absolute atomic E-state index is 0.498. The molecule has 0 atom stereocenters. The van der Waals surface area contributed by atoms with Gasteiger partial charge in [0, 0.05) is 12.4 Å². The van der Waals surface area contributed by atoms with E-state index in [1.807, 2.05) is 0 Å². The largest absolute Gasteiger partial charge is 0.481 e. The molecule has 0 fully saturated rings. The number of aromatic nitrogens is 1. The van der Waals surface area contributed by atoms with Gasteiger partial charge in [0.2, 0.25) is 5.88 Å². The molecule has 0 aliphatic carbocycles. The zero-order valence-corrected chi connectivity index (χ0v) is 5.66. The molecule has 1 aromatic heterocycles. The lowest BCUT2D eigenvalue weighted by atomic mass is 10.3. The number of pyridine rings is 1. The zero-order chi connectivity index (χ0) is 7.40. The van der Waals surface area contributed by atoms with Crippen LogP contribution in [0.2, 0.25) is 0 Å². The summed E-state index contributed by atoms with van der Waals surface area (Å²) in [6, 6.07) is 3.54. The van der Waals surface area contributed by atoms with Crippen molar-refractivity contribution >= 4 is 6.21 Å². The van der Waals surface area contributed by atoms with Crippen LogP contribution in [0.3, 0.4) is 0 Å². The molecule has 10 heavy (non-hydrogen) atoms. The average molecular weight is 136 g/mol. The molecular weight excluding hydrogens is 128 g/mol. The topological polar surface area (TPSA) is 46.0 Å². The number of nitrogens with zero attached hydrogens (tertiary/aromatic N) is 1. The van der Waals surface area contributed by atoms with Crippen molar-refractivity contribution < 1.29 is 4.74 Å². The first-order valence-corrected chi connectivity index (χ1v) is 2.88. The Hall–Kier alpha value is -1.38. The first kappa shape index (κ1) is 6.74. The standard InChI is InChI=1S/C7H8N2O/c1-10-7-6(5-8)3-2-4-9-7/h2-5,8H,1H3. The Morgan fingerprint density at radius 3 is 3.00 bits per heavy atom. The molecule has 0 aliphatic heterocycles. The van der Waals surface area contributed by atoms with Gasteiger partial charge in [-0.15, -0.1) is 0 Å². The number of rotatable bonds is 2. The lowest BCUT2D eigenvalue weighted by molar-refractivity contribution is 0.397. The first-order chi connectivity index (χ1) is 4.88. The van der Waals surface area contributed by atoms with E-state index in [4.69, 9.17) is 10.1 Å². The van der Waals surface area contributed by atoms with Crippen LogP contribution >= 0.6 is 0 Å². The van der Waals surface area contributed by atoms with Crippen LogP contribution in [0, 0.1) is 5.41 Å². The first-order valence-electron chi connectivity index (χ1n) is 2.88. The zero-order valence-electron chi connectivity index (χ0n) is 5.66. The molecule has 0 unspecified atom stereocenters. The molecule has 0 aromatic carbocycles. The Kier molecular flexibility index (Phi) is 1.99. The molecule has 52 valence electrons. The van der Waals surface area contributed by atoms with Crippen molar-refractivity contribution in [3.05, 3.63) is 23.9 Å². The van der Waals surface area contributed by atoms with Crippen molar-refractivity contribution in [1.82, 2.24) is 4.98 Å². The van der Waals surface area contributed by atoms with Gasteiger partial charge in [-0.3, -0.25) is 0 Å². The molecule has 0 saturated heterocycles. The van der Waals surface area contributed by atoms with Gasteiger partial charge in [0.15, 0.2) is 0 Å². The van der Waals surface area contributed by atoms with Crippen molar-refractivity contribution in [1.29, 1.82) is 5.41 Å². The highest BCUT2D eigenvalue weighted by molar-refractivity contribution is 5.79. The summed E-state index contributed by atoms with van der Waals surface area (Å²) in [4.78, 5) is 3.89. The fourth-order valence-corrected chi connectivity index (χ4v) is 0.684. The van der Waals surface area contributed by atoms with Crippen molar-refractivity contribution in [2.75, 3.05) is 7.11 Å². The van der Waals surface area contributed by atoms with E-state index in [2.05, 4.69) is 4.98 Å². The van der Waals surface area contributed by atoms with Crippen LogP contribution in [0.25, 0.3) is 0 Å². The van der Waals surface area contributed by atoms with Crippen LogP contribution in [0.1, 0.15) is 5.56 Å².